The number of hydrogen-bond donors (Lipinski definition) is 1. The zero-order valence-electron chi connectivity index (χ0n) is 21.0. The number of ether oxygens (including phenoxy) is 1. The SMILES string of the molecule is CCC[C@@H](NS(=O)(=O)c1ccc(C)cc1)C(=O)Oc1ccc2c(C)c(Cc3ccccc3)c(=O)oc2c1. The molecule has 0 saturated heterocycles. The largest absolute Gasteiger partial charge is 0.425 e. The molecule has 0 amide bonds. The first-order valence-corrected chi connectivity index (χ1v) is 13.6. The van der Waals surface area contributed by atoms with Crippen molar-refractivity contribution in [1.82, 2.24) is 4.72 Å². The summed E-state index contributed by atoms with van der Waals surface area (Å²) in [4.78, 5) is 25.8. The predicted octanol–water partition coefficient (Wildman–Crippen LogP) is 5.05. The topological polar surface area (TPSA) is 103 Å². The molecule has 37 heavy (non-hydrogen) atoms. The van der Waals surface area contributed by atoms with Crippen LogP contribution < -0.4 is 15.1 Å². The molecule has 0 fully saturated rings. The van der Waals surface area contributed by atoms with Crippen LogP contribution in [0.3, 0.4) is 0 Å². The molecule has 7 nitrogen and oxygen atoms in total. The van der Waals surface area contributed by atoms with Crippen LogP contribution >= 0.6 is 0 Å². The summed E-state index contributed by atoms with van der Waals surface area (Å²) in [6.45, 7) is 5.57. The number of carbonyl (C=O) groups is 1. The third kappa shape index (κ3) is 6.15. The van der Waals surface area contributed by atoms with E-state index in [4.69, 9.17) is 9.15 Å². The Morgan fingerprint density at radius 3 is 2.38 bits per heavy atom. The van der Waals surface area contributed by atoms with Gasteiger partial charge < -0.3 is 9.15 Å². The van der Waals surface area contributed by atoms with Crippen molar-refractivity contribution in [3.8, 4) is 5.75 Å². The molecule has 4 aromatic rings. The van der Waals surface area contributed by atoms with E-state index in [-0.39, 0.29) is 22.6 Å². The van der Waals surface area contributed by atoms with Gasteiger partial charge in [-0.1, -0.05) is 61.4 Å². The van der Waals surface area contributed by atoms with Crippen molar-refractivity contribution in [2.75, 3.05) is 0 Å². The molecule has 192 valence electrons. The number of carbonyl (C=O) groups excluding carboxylic acids is 1. The smallest absolute Gasteiger partial charge is 0.340 e. The molecular formula is C29H29NO6S. The van der Waals surface area contributed by atoms with Crippen molar-refractivity contribution in [3.05, 3.63) is 105 Å². The monoisotopic (exact) mass is 519 g/mol. The Morgan fingerprint density at radius 1 is 1.00 bits per heavy atom. The number of benzene rings is 3. The van der Waals surface area contributed by atoms with Crippen LogP contribution in [0.2, 0.25) is 0 Å². The molecule has 0 aliphatic carbocycles. The highest BCUT2D eigenvalue weighted by atomic mass is 32.2. The van der Waals surface area contributed by atoms with Gasteiger partial charge in [-0.05, 0) is 55.7 Å². The fraction of sp³-hybridized carbons (Fsp3) is 0.241. The van der Waals surface area contributed by atoms with E-state index in [1.165, 1.54) is 18.2 Å². The summed E-state index contributed by atoms with van der Waals surface area (Å²) < 4.78 is 39.2. The van der Waals surface area contributed by atoms with E-state index in [2.05, 4.69) is 4.72 Å². The van der Waals surface area contributed by atoms with E-state index in [1.807, 2.05) is 51.1 Å². The lowest BCUT2D eigenvalue weighted by molar-refractivity contribution is -0.136. The van der Waals surface area contributed by atoms with E-state index >= 15 is 0 Å². The highest BCUT2D eigenvalue weighted by Crippen LogP contribution is 2.26. The Labute approximate surface area is 216 Å². The zero-order chi connectivity index (χ0) is 26.6. The summed E-state index contributed by atoms with van der Waals surface area (Å²) in [5.41, 5.74) is 3.12. The summed E-state index contributed by atoms with van der Waals surface area (Å²) >= 11 is 0. The molecule has 0 unspecified atom stereocenters. The van der Waals surface area contributed by atoms with E-state index in [1.54, 1.807) is 24.3 Å². The van der Waals surface area contributed by atoms with Crippen molar-refractivity contribution >= 4 is 27.0 Å². The van der Waals surface area contributed by atoms with Crippen LogP contribution in [0.25, 0.3) is 11.0 Å². The molecule has 0 radical (unpaired) electrons. The van der Waals surface area contributed by atoms with Gasteiger partial charge in [-0.25, -0.2) is 18.0 Å². The van der Waals surface area contributed by atoms with Crippen LogP contribution in [0.1, 0.15) is 42.0 Å². The maximum absolute atomic E-state index is 13.0. The van der Waals surface area contributed by atoms with Gasteiger partial charge in [-0.15, -0.1) is 0 Å². The highest BCUT2D eigenvalue weighted by molar-refractivity contribution is 7.89. The maximum Gasteiger partial charge on any atom is 0.340 e. The number of rotatable bonds is 9. The second-order valence-electron chi connectivity index (χ2n) is 9.01. The predicted molar refractivity (Wildman–Crippen MR) is 142 cm³/mol. The Hall–Kier alpha value is -3.75. The van der Waals surface area contributed by atoms with Gasteiger partial charge in [0.05, 0.1) is 4.90 Å². The van der Waals surface area contributed by atoms with Crippen LogP contribution in [-0.2, 0) is 21.2 Å². The van der Waals surface area contributed by atoms with Gasteiger partial charge in [0.25, 0.3) is 0 Å². The van der Waals surface area contributed by atoms with Gasteiger partial charge in [-0.3, -0.25) is 0 Å². The summed E-state index contributed by atoms with van der Waals surface area (Å²) in [5, 5.41) is 0.732. The number of nitrogens with one attached hydrogen (secondary N) is 1. The number of esters is 1. The molecule has 1 atom stereocenters. The minimum absolute atomic E-state index is 0.0706. The molecule has 1 aromatic heterocycles. The van der Waals surface area contributed by atoms with Crippen LogP contribution in [0.15, 0.2) is 86.9 Å². The minimum Gasteiger partial charge on any atom is -0.425 e. The Morgan fingerprint density at radius 2 is 1.70 bits per heavy atom. The van der Waals surface area contributed by atoms with Crippen molar-refractivity contribution in [2.24, 2.45) is 0 Å². The number of fused-ring (bicyclic) bond motifs is 1. The average molecular weight is 520 g/mol. The Bertz CT molecular complexity index is 1580. The maximum atomic E-state index is 13.0. The number of hydrogen-bond acceptors (Lipinski definition) is 6. The molecule has 3 aromatic carbocycles. The zero-order valence-corrected chi connectivity index (χ0v) is 21.8. The van der Waals surface area contributed by atoms with Gasteiger partial charge in [0.2, 0.25) is 10.0 Å². The molecule has 1 heterocycles. The fourth-order valence-corrected chi connectivity index (χ4v) is 5.33. The lowest BCUT2D eigenvalue weighted by atomic mass is 10.00. The van der Waals surface area contributed by atoms with E-state index < -0.39 is 27.7 Å². The van der Waals surface area contributed by atoms with Crippen molar-refractivity contribution in [2.45, 2.75) is 51.0 Å². The van der Waals surface area contributed by atoms with Crippen LogP contribution in [0, 0.1) is 13.8 Å². The lowest BCUT2D eigenvalue weighted by Gasteiger charge is -2.17. The first-order valence-electron chi connectivity index (χ1n) is 12.1. The Balaban J connectivity index is 1.56. The molecule has 0 aliphatic heterocycles. The molecular weight excluding hydrogens is 490 g/mol. The molecule has 0 aliphatic rings. The van der Waals surface area contributed by atoms with E-state index in [9.17, 15) is 18.0 Å². The van der Waals surface area contributed by atoms with Gasteiger partial charge >= 0.3 is 11.6 Å². The Kier molecular flexibility index (Phi) is 7.90. The van der Waals surface area contributed by atoms with E-state index in [0.717, 1.165) is 22.1 Å². The molecule has 8 heteroatoms. The molecule has 0 bridgehead atoms. The van der Waals surface area contributed by atoms with Crippen molar-refractivity contribution in [1.29, 1.82) is 0 Å². The lowest BCUT2D eigenvalue weighted by Crippen LogP contribution is -2.42. The normalized spacial score (nSPS) is 12.4. The second-order valence-corrected chi connectivity index (χ2v) is 10.7. The molecule has 0 saturated carbocycles. The van der Waals surface area contributed by atoms with Crippen LogP contribution in [-0.4, -0.2) is 20.4 Å². The summed E-state index contributed by atoms with van der Waals surface area (Å²) in [6, 6.07) is 19.8. The third-order valence-electron chi connectivity index (χ3n) is 6.19. The fourth-order valence-electron chi connectivity index (χ4n) is 4.12. The highest BCUT2D eigenvalue weighted by Gasteiger charge is 2.27. The van der Waals surface area contributed by atoms with Gasteiger partial charge in [0, 0.05) is 23.4 Å². The summed E-state index contributed by atoms with van der Waals surface area (Å²) in [5.74, 6) is -0.580. The number of aryl methyl sites for hydroxylation is 2. The van der Waals surface area contributed by atoms with Crippen LogP contribution in [0.4, 0.5) is 0 Å². The summed E-state index contributed by atoms with van der Waals surface area (Å²) in [7, 11) is -3.92. The van der Waals surface area contributed by atoms with Crippen LogP contribution in [0.5, 0.6) is 5.75 Å². The van der Waals surface area contributed by atoms with Crippen molar-refractivity contribution in [3.63, 3.8) is 0 Å². The number of sulfonamides is 1. The quantitative estimate of drug-likeness (QED) is 0.189. The molecule has 0 spiro atoms. The summed E-state index contributed by atoms with van der Waals surface area (Å²) in [6.07, 6.45) is 1.27. The van der Waals surface area contributed by atoms with E-state index in [0.29, 0.717) is 18.4 Å². The molecule has 1 N–H and O–H groups in total. The molecule has 4 rings (SSSR count). The minimum atomic E-state index is -3.92. The van der Waals surface area contributed by atoms with Gasteiger partial charge in [0.1, 0.15) is 17.4 Å². The van der Waals surface area contributed by atoms with Gasteiger partial charge in [0.15, 0.2) is 0 Å². The second kappa shape index (κ2) is 11.1. The standard InChI is InChI=1S/C29H29NO6S/c1-4-8-26(30-37(33,34)23-14-11-19(2)12-15-23)29(32)35-22-13-16-24-20(3)25(28(31)36-27(24)18-22)17-21-9-6-5-7-10-21/h5-7,9-16,18,26,30H,4,8,17H2,1-3H3/t26-/m1/s1. The first-order chi connectivity index (χ1) is 17.7. The first kappa shape index (κ1) is 26.3. The van der Waals surface area contributed by atoms with Crippen molar-refractivity contribution < 1.29 is 22.4 Å². The third-order valence-corrected chi connectivity index (χ3v) is 7.68. The van der Waals surface area contributed by atoms with Gasteiger partial charge in [-0.2, -0.15) is 4.72 Å². The average Bonchev–Trinajstić information content (AvgIpc) is 2.87.